The molecule has 0 heterocycles. The van der Waals surface area contributed by atoms with Gasteiger partial charge in [0.1, 0.15) is 0 Å². The first-order chi connectivity index (χ1) is 6.54. The normalized spacial score (nSPS) is 8.00. The molecule has 0 bridgehead atoms. The zero-order valence-corrected chi connectivity index (χ0v) is 11.5. The molecule has 1 nitrogen and oxygen atoms in total. The molecule has 0 fully saturated rings. The molecule has 0 aliphatic carbocycles. The van der Waals surface area contributed by atoms with Crippen LogP contribution in [0.5, 0.6) is 0 Å². The molecule has 85 valence electrons. The van der Waals surface area contributed by atoms with E-state index >= 15 is 0 Å². The molecular weight excluding hydrogens is 273 g/mol. The fraction of sp³-hybridized carbons (Fsp3) is 0.308. The molecule has 0 amide bonds. The molecule has 0 saturated carbocycles. The summed E-state index contributed by atoms with van der Waals surface area (Å²) in [6, 6.07) is 0. The first kappa shape index (κ1) is 23.8. The second-order valence-electron chi connectivity index (χ2n) is 2.49. The molecule has 0 unspecified atom stereocenters. The van der Waals surface area contributed by atoms with E-state index in [0.717, 1.165) is 11.1 Å². The smallest absolute Gasteiger partial charge is 0.545 e. The summed E-state index contributed by atoms with van der Waals surface area (Å²) in [7, 11) is 0. The SMILES string of the molecule is [CH-]=C(C)C=CC.[CH-]=C(C)C=CC.[CH-]=O.[Ru+3]. The van der Waals surface area contributed by atoms with E-state index in [1.54, 1.807) is 0 Å². The maximum Gasteiger partial charge on any atom is 3.00 e. The van der Waals surface area contributed by atoms with Gasteiger partial charge < -0.3 is 4.79 Å². The second kappa shape index (κ2) is 23.2. The Morgan fingerprint density at radius 3 is 1.07 bits per heavy atom. The number of hydrogen-bond donors (Lipinski definition) is 0. The summed E-state index contributed by atoms with van der Waals surface area (Å²) in [4.78, 5) is 7.75. The van der Waals surface area contributed by atoms with Gasteiger partial charge in [-0.2, -0.15) is 12.2 Å². The van der Waals surface area contributed by atoms with Crippen LogP contribution in [0.2, 0.25) is 0 Å². The van der Waals surface area contributed by atoms with Crippen LogP contribution < -0.4 is 0 Å². The van der Waals surface area contributed by atoms with E-state index in [-0.39, 0.29) is 19.5 Å². The standard InChI is InChI=1S/2C6H9.CHO.Ru/c2*1-4-5-6(2)3;1-2;/h2*2,4-5H,1,3H3;1H;/q3*-1;+3. The van der Waals surface area contributed by atoms with E-state index in [1.165, 1.54) is 0 Å². The molecule has 0 saturated heterocycles. The summed E-state index contributed by atoms with van der Waals surface area (Å²) >= 11 is 0. The topological polar surface area (TPSA) is 17.1 Å². The van der Waals surface area contributed by atoms with Gasteiger partial charge in [0, 0.05) is 0 Å². The van der Waals surface area contributed by atoms with Gasteiger partial charge >= 0.3 is 19.5 Å². The predicted molar refractivity (Wildman–Crippen MR) is 63.4 cm³/mol. The number of rotatable bonds is 2. The zero-order chi connectivity index (χ0) is 12.0. The Morgan fingerprint density at radius 1 is 0.867 bits per heavy atom. The molecule has 0 spiro atoms. The van der Waals surface area contributed by atoms with Gasteiger partial charge in [-0.3, -0.25) is 19.9 Å². The van der Waals surface area contributed by atoms with E-state index in [0.29, 0.717) is 0 Å². The van der Waals surface area contributed by atoms with Crippen molar-refractivity contribution in [2.24, 2.45) is 0 Å². The van der Waals surface area contributed by atoms with Gasteiger partial charge in [0.25, 0.3) is 0 Å². The van der Waals surface area contributed by atoms with Crippen molar-refractivity contribution in [3.63, 3.8) is 0 Å². The molecule has 0 atom stereocenters. The van der Waals surface area contributed by atoms with Crippen LogP contribution in [-0.2, 0) is 24.3 Å². The van der Waals surface area contributed by atoms with Crippen LogP contribution in [0.25, 0.3) is 0 Å². The average molecular weight is 292 g/mol. The van der Waals surface area contributed by atoms with Gasteiger partial charge in [-0.1, -0.05) is 27.7 Å². The fourth-order valence-corrected chi connectivity index (χ4v) is 0.526. The van der Waals surface area contributed by atoms with Crippen LogP contribution in [0.3, 0.4) is 0 Å². The van der Waals surface area contributed by atoms with E-state index in [1.807, 2.05) is 52.0 Å². The maximum atomic E-state index is 7.75. The Kier molecular flexibility index (Phi) is 36.9. The van der Waals surface area contributed by atoms with Crippen molar-refractivity contribution in [2.45, 2.75) is 27.7 Å². The van der Waals surface area contributed by atoms with Crippen LogP contribution in [0, 0.1) is 13.2 Å². The van der Waals surface area contributed by atoms with Crippen molar-refractivity contribution >= 4 is 6.79 Å². The molecule has 0 aromatic heterocycles. The molecule has 0 aromatic rings. The molecular formula is C13H19ORu. The first-order valence-electron chi connectivity index (χ1n) is 4.21. The Morgan fingerprint density at radius 2 is 1.07 bits per heavy atom. The molecule has 2 heteroatoms. The summed E-state index contributed by atoms with van der Waals surface area (Å²) in [6.45, 7) is 21.3. The molecule has 0 aliphatic heterocycles. The van der Waals surface area contributed by atoms with Gasteiger partial charge in [0.15, 0.2) is 0 Å². The van der Waals surface area contributed by atoms with Crippen LogP contribution in [0.1, 0.15) is 27.7 Å². The largest absolute Gasteiger partial charge is 3.00 e. The molecule has 0 N–H and O–H groups in total. The summed E-state index contributed by atoms with van der Waals surface area (Å²) < 4.78 is 0. The van der Waals surface area contributed by atoms with Crippen LogP contribution in [0.4, 0.5) is 0 Å². The van der Waals surface area contributed by atoms with Crippen LogP contribution in [0.15, 0.2) is 35.5 Å². The van der Waals surface area contributed by atoms with Crippen molar-refractivity contribution < 1.29 is 24.3 Å². The average Bonchev–Trinajstić information content (AvgIpc) is 2.08. The van der Waals surface area contributed by atoms with Gasteiger partial charge in [-0.05, 0) is 0 Å². The second-order valence-corrected chi connectivity index (χ2v) is 2.49. The maximum absolute atomic E-state index is 7.75. The predicted octanol–water partition coefficient (Wildman–Crippen LogP) is 3.61. The third-order valence-electron chi connectivity index (χ3n) is 0.859. The minimum absolute atomic E-state index is 0. The van der Waals surface area contributed by atoms with E-state index in [4.69, 9.17) is 18.0 Å². The Labute approximate surface area is 107 Å². The van der Waals surface area contributed by atoms with Gasteiger partial charge in [-0.25, -0.2) is 23.3 Å². The van der Waals surface area contributed by atoms with Gasteiger partial charge in [0.05, 0.1) is 0 Å². The van der Waals surface area contributed by atoms with Crippen LogP contribution >= 0.6 is 0 Å². The third kappa shape index (κ3) is 60.8. The fourth-order valence-electron chi connectivity index (χ4n) is 0.526. The number of carbonyl (C=O) groups excluding carboxylic acids is 1. The van der Waals surface area contributed by atoms with Crippen molar-refractivity contribution in [2.75, 3.05) is 0 Å². The first-order valence-corrected chi connectivity index (χ1v) is 4.21. The van der Waals surface area contributed by atoms with E-state index in [9.17, 15) is 0 Å². The summed E-state index contributed by atoms with van der Waals surface area (Å²) in [6.07, 6.45) is 7.55. The van der Waals surface area contributed by atoms with Crippen molar-refractivity contribution in [3.05, 3.63) is 48.6 Å². The quantitative estimate of drug-likeness (QED) is 0.329. The van der Waals surface area contributed by atoms with Crippen molar-refractivity contribution in [1.82, 2.24) is 0 Å². The Balaban J connectivity index is -0.0000000653. The minimum atomic E-state index is 0. The third-order valence-corrected chi connectivity index (χ3v) is 0.859. The molecule has 0 aromatic carbocycles. The van der Waals surface area contributed by atoms with Gasteiger partial charge in [0.2, 0.25) is 0 Å². The summed E-state index contributed by atoms with van der Waals surface area (Å²) in [5, 5.41) is 0. The molecule has 0 rings (SSSR count). The van der Waals surface area contributed by atoms with Crippen molar-refractivity contribution in [3.8, 4) is 0 Å². The minimum Gasteiger partial charge on any atom is -0.545 e. The number of allylic oxidation sites excluding steroid dienone is 6. The number of hydrogen-bond acceptors (Lipinski definition) is 1. The molecule has 0 aliphatic rings. The van der Waals surface area contributed by atoms with E-state index < -0.39 is 0 Å². The summed E-state index contributed by atoms with van der Waals surface area (Å²) in [5.74, 6) is 0. The van der Waals surface area contributed by atoms with Crippen molar-refractivity contribution in [1.29, 1.82) is 0 Å². The zero-order valence-electron chi connectivity index (χ0n) is 9.80. The van der Waals surface area contributed by atoms with Gasteiger partial charge in [-0.15, -0.1) is 0 Å². The Hall–Kier alpha value is -0.747. The van der Waals surface area contributed by atoms with E-state index in [2.05, 4.69) is 6.79 Å². The molecule has 1 radical (unpaired) electrons. The molecule has 15 heavy (non-hydrogen) atoms. The Bertz CT molecular complexity index is 181. The van der Waals surface area contributed by atoms with Crippen LogP contribution in [-0.4, -0.2) is 6.79 Å². The summed E-state index contributed by atoms with van der Waals surface area (Å²) in [5.41, 5.74) is 1.72. The monoisotopic (exact) mass is 293 g/mol.